The molecule has 2 aromatic carbocycles. The lowest BCUT2D eigenvalue weighted by Gasteiger charge is -2.15. The Bertz CT molecular complexity index is 593. The van der Waals surface area contributed by atoms with Gasteiger partial charge in [0.05, 0.1) is 6.04 Å². The molecule has 0 aliphatic heterocycles. The minimum atomic E-state index is -0.655. The summed E-state index contributed by atoms with van der Waals surface area (Å²) >= 11 is 0. The molecule has 2 rings (SSSR count). The van der Waals surface area contributed by atoms with E-state index in [9.17, 15) is 8.78 Å². The monoisotopic (exact) mass is 275 g/mol. The molecule has 106 valence electrons. The second kappa shape index (κ2) is 6.14. The van der Waals surface area contributed by atoms with Gasteiger partial charge in [-0.15, -0.1) is 0 Å². The Balaban J connectivity index is 2.33. The minimum absolute atomic E-state index is 0.187. The van der Waals surface area contributed by atoms with E-state index in [1.807, 2.05) is 24.3 Å². The van der Waals surface area contributed by atoms with Crippen LogP contribution in [0.3, 0.4) is 0 Å². The number of halogens is 2. The van der Waals surface area contributed by atoms with Gasteiger partial charge in [0.2, 0.25) is 0 Å². The second-order valence-corrected chi connectivity index (χ2v) is 5.49. The molecule has 3 heteroatoms. The fraction of sp³-hybridized carbons (Fsp3) is 0.294. The molecule has 0 amide bonds. The van der Waals surface area contributed by atoms with Gasteiger partial charge in [-0.3, -0.25) is 0 Å². The Hall–Kier alpha value is -1.74. The molecule has 0 heterocycles. The van der Waals surface area contributed by atoms with Crippen molar-refractivity contribution in [3.63, 3.8) is 0 Å². The quantitative estimate of drug-likeness (QED) is 0.888. The molecule has 0 radical (unpaired) electrons. The van der Waals surface area contributed by atoms with Crippen molar-refractivity contribution in [3.05, 3.63) is 70.8 Å². The van der Waals surface area contributed by atoms with Crippen molar-refractivity contribution < 1.29 is 8.78 Å². The highest BCUT2D eigenvalue weighted by atomic mass is 19.1. The molecule has 0 aromatic heterocycles. The molecular weight excluding hydrogens is 256 g/mol. The average Bonchev–Trinajstić information content (AvgIpc) is 2.40. The fourth-order valence-corrected chi connectivity index (χ4v) is 2.32. The van der Waals surface area contributed by atoms with Crippen LogP contribution in [0.15, 0.2) is 42.5 Å². The van der Waals surface area contributed by atoms with Gasteiger partial charge in [-0.25, -0.2) is 8.78 Å². The van der Waals surface area contributed by atoms with E-state index in [0.29, 0.717) is 5.92 Å². The van der Waals surface area contributed by atoms with Crippen LogP contribution in [-0.4, -0.2) is 0 Å². The van der Waals surface area contributed by atoms with Gasteiger partial charge in [-0.05, 0) is 41.7 Å². The number of hydrogen-bond acceptors (Lipinski definition) is 1. The van der Waals surface area contributed by atoms with E-state index in [1.165, 1.54) is 0 Å². The van der Waals surface area contributed by atoms with Crippen LogP contribution in [0.2, 0.25) is 0 Å². The molecule has 0 fully saturated rings. The van der Waals surface area contributed by atoms with Crippen LogP contribution >= 0.6 is 0 Å². The van der Waals surface area contributed by atoms with E-state index >= 15 is 0 Å². The lowest BCUT2D eigenvalue weighted by Crippen LogP contribution is -2.14. The third-order valence-corrected chi connectivity index (χ3v) is 3.25. The first-order chi connectivity index (χ1) is 9.47. The van der Waals surface area contributed by atoms with Gasteiger partial charge in [0, 0.05) is 5.56 Å². The van der Waals surface area contributed by atoms with Crippen LogP contribution in [0.4, 0.5) is 8.78 Å². The summed E-state index contributed by atoms with van der Waals surface area (Å²) in [4.78, 5) is 0. The normalized spacial score (nSPS) is 12.7. The van der Waals surface area contributed by atoms with Crippen molar-refractivity contribution >= 4 is 0 Å². The lowest BCUT2D eigenvalue weighted by molar-refractivity contribution is 0.576. The summed E-state index contributed by atoms with van der Waals surface area (Å²) in [5, 5.41) is 0. The highest BCUT2D eigenvalue weighted by molar-refractivity contribution is 5.35. The molecule has 0 aliphatic carbocycles. The maximum atomic E-state index is 13.8. The van der Waals surface area contributed by atoms with E-state index < -0.39 is 17.7 Å². The second-order valence-electron chi connectivity index (χ2n) is 5.49. The molecule has 2 N–H and O–H groups in total. The van der Waals surface area contributed by atoms with E-state index in [4.69, 9.17) is 5.73 Å². The molecule has 1 atom stereocenters. The molecule has 2 aromatic rings. The van der Waals surface area contributed by atoms with Crippen LogP contribution in [-0.2, 0) is 6.42 Å². The van der Waals surface area contributed by atoms with Gasteiger partial charge in [-0.1, -0.05) is 38.1 Å². The van der Waals surface area contributed by atoms with E-state index in [2.05, 4.69) is 13.8 Å². The van der Waals surface area contributed by atoms with E-state index in [-0.39, 0.29) is 5.56 Å². The summed E-state index contributed by atoms with van der Waals surface area (Å²) in [7, 11) is 0. The van der Waals surface area contributed by atoms with E-state index in [0.717, 1.165) is 35.7 Å². The molecule has 0 bridgehead atoms. The molecular formula is C17H19F2N. The summed E-state index contributed by atoms with van der Waals surface area (Å²) in [6.45, 7) is 4.28. The summed E-state index contributed by atoms with van der Waals surface area (Å²) in [6, 6.07) is 10.5. The van der Waals surface area contributed by atoms with Crippen LogP contribution in [0.1, 0.15) is 36.6 Å². The molecule has 20 heavy (non-hydrogen) atoms. The lowest BCUT2D eigenvalue weighted by atomic mass is 9.95. The first-order valence-corrected chi connectivity index (χ1v) is 6.76. The zero-order valence-electron chi connectivity index (χ0n) is 11.7. The van der Waals surface area contributed by atoms with Crippen molar-refractivity contribution in [2.24, 2.45) is 11.7 Å². The molecule has 0 aliphatic rings. The third kappa shape index (κ3) is 3.42. The largest absolute Gasteiger partial charge is 0.320 e. The number of rotatable bonds is 4. The predicted molar refractivity (Wildman–Crippen MR) is 77.4 cm³/mol. The van der Waals surface area contributed by atoms with Crippen LogP contribution in [0, 0.1) is 17.6 Å². The van der Waals surface area contributed by atoms with Crippen LogP contribution in [0.25, 0.3) is 0 Å². The van der Waals surface area contributed by atoms with Gasteiger partial charge in [0.1, 0.15) is 11.6 Å². The Morgan fingerprint density at radius 1 is 1.05 bits per heavy atom. The van der Waals surface area contributed by atoms with Crippen molar-refractivity contribution in [3.8, 4) is 0 Å². The Labute approximate surface area is 118 Å². The van der Waals surface area contributed by atoms with Gasteiger partial charge < -0.3 is 5.73 Å². The van der Waals surface area contributed by atoms with Crippen LogP contribution in [0.5, 0.6) is 0 Å². The van der Waals surface area contributed by atoms with Crippen molar-refractivity contribution in [1.29, 1.82) is 0 Å². The van der Waals surface area contributed by atoms with Crippen molar-refractivity contribution in [2.45, 2.75) is 26.3 Å². The van der Waals surface area contributed by atoms with Gasteiger partial charge >= 0.3 is 0 Å². The molecule has 0 saturated carbocycles. The highest BCUT2D eigenvalue weighted by Crippen LogP contribution is 2.24. The number of nitrogens with two attached hydrogens (primary N) is 1. The Morgan fingerprint density at radius 2 is 1.80 bits per heavy atom. The first-order valence-electron chi connectivity index (χ1n) is 6.76. The van der Waals surface area contributed by atoms with E-state index in [1.54, 1.807) is 0 Å². The SMILES string of the molecule is CC(C)Cc1cccc(C(N)c2cc(F)ccc2F)c1. The third-order valence-electron chi connectivity index (χ3n) is 3.25. The summed E-state index contributed by atoms with van der Waals surface area (Å²) in [5.74, 6) is -0.421. The summed E-state index contributed by atoms with van der Waals surface area (Å²) in [6.07, 6.45) is 0.937. The number of benzene rings is 2. The van der Waals surface area contributed by atoms with Crippen molar-refractivity contribution in [1.82, 2.24) is 0 Å². The van der Waals surface area contributed by atoms with Crippen molar-refractivity contribution in [2.75, 3.05) is 0 Å². The zero-order valence-corrected chi connectivity index (χ0v) is 11.7. The molecule has 0 spiro atoms. The summed E-state index contributed by atoms with van der Waals surface area (Å²) < 4.78 is 27.0. The minimum Gasteiger partial charge on any atom is -0.320 e. The molecule has 0 saturated heterocycles. The highest BCUT2D eigenvalue weighted by Gasteiger charge is 2.15. The predicted octanol–water partition coefficient (Wildman–Crippen LogP) is 4.21. The molecule has 1 unspecified atom stereocenters. The van der Waals surface area contributed by atoms with Gasteiger partial charge in [0.15, 0.2) is 0 Å². The maximum absolute atomic E-state index is 13.8. The smallest absolute Gasteiger partial charge is 0.128 e. The standard InChI is InChI=1S/C17H19F2N/c1-11(2)8-12-4-3-5-13(9-12)17(20)15-10-14(18)6-7-16(15)19/h3-7,9-11,17H,8,20H2,1-2H3. The fourth-order valence-electron chi connectivity index (χ4n) is 2.32. The summed E-state index contributed by atoms with van der Waals surface area (Å²) in [5.41, 5.74) is 8.22. The maximum Gasteiger partial charge on any atom is 0.128 e. The first kappa shape index (κ1) is 14.7. The van der Waals surface area contributed by atoms with Gasteiger partial charge in [-0.2, -0.15) is 0 Å². The topological polar surface area (TPSA) is 26.0 Å². The zero-order chi connectivity index (χ0) is 14.7. The Kier molecular flexibility index (Phi) is 4.50. The van der Waals surface area contributed by atoms with Gasteiger partial charge in [0.25, 0.3) is 0 Å². The van der Waals surface area contributed by atoms with Crippen LogP contribution < -0.4 is 5.73 Å². The number of hydrogen-bond donors (Lipinski definition) is 1. The molecule has 1 nitrogen and oxygen atoms in total. The Morgan fingerprint density at radius 3 is 2.50 bits per heavy atom. The average molecular weight is 275 g/mol.